The molecule has 2 saturated carbocycles. The minimum Gasteiger partial charge on any atom is -0.465 e. The van der Waals surface area contributed by atoms with Gasteiger partial charge >= 0.3 is 23.7 Å². The number of ether oxygens (including phenoxy) is 5. The van der Waals surface area contributed by atoms with Crippen LogP contribution >= 0.6 is 0 Å². The van der Waals surface area contributed by atoms with E-state index in [1.165, 1.54) is 17.7 Å². The third-order valence-electron chi connectivity index (χ3n) is 12.2. The molecule has 3 aliphatic heterocycles. The predicted molar refractivity (Wildman–Crippen MR) is 260 cm³/mol. The van der Waals surface area contributed by atoms with E-state index < -0.39 is 16.6 Å². The van der Waals surface area contributed by atoms with Crippen LogP contribution in [0.2, 0.25) is 0 Å². The van der Waals surface area contributed by atoms with Crippen molar-refractivity contribution in [3.05, 3.63) is 70.9 Å². The molecule has 4 aromatic rings. The zero-order valence-corrected chi connectivity index (χ0v) is 42.3. The van der Waals surface area contributed by atoms with Crippen molar-refractivity contribution in [1.29, 1.82) is 0 Å². The second kappa shape index (κ2) is 26.6. The number of carbonyl (C=O) groups is 2. The summed E-state index contributed by atoms with van der Waals surface area (Å²) in [7, 11) is 0. The molecule has 7 heterocycles. The molecular weight excluding hydrogens is 980 g/mol. The molecule has 5 aliphatic rings. The van der Waals surface area contributed by atoms with Crippen LogP contribution < -0.4 is 40.5 Å². The number of rotatable bonds is 15. The molecule has 4 aromatic heterocycles. The topological polar surface area (TPSA) is 266 Å². The van der Waals surface area contributed by atoms with Gasteiger partial charge in [-0.1, -0.05) is 7.43 Å². The van der Waals surface area contributed by atoms with Gasteiger partial charge in [0.05, 0.1) is 44.5 Å². The molecule has 2 saturated heterocycles. The SMILES string of the molecule is C.CCOC(=O)CN(Cc1ccnc(N2CCOCC2)c1)c1nc(OC2CCCC2)nc(N)c1[N+](=O)[O-].Nc1nc(OC2CCCC2)nc2c1CC(=O)CN2Cc1ccnc(N2CCOCC2)c1.[CH3-].[Y]. The number of ketones is 1. The van der Waals surface area contributed by atoms with Crippen LogP contribution in [0.4, 0.5) is 40.6 Å². The summed E-state index contributed by atoms with van der Waals surface area (Å²) < 4.78 is 27.9. The summed E-state index contributed by atoms with van der Waals surface area (Å²) in [6.07, 6.45) is 11.9. The Balaban J connectivity index is 0.000000252. The van der Waals surface area contributed by atoms with Gasteiger partial charge in [0.1, 0.15) is 42.0 Å². The van der Waals surface area contributed by atoms with Crippen molar-refractivity contribution in [2.24, 2.45) is 0 Å². The Morgan fingerprint density at radius 2 is 1.36 bits per heavy atom. The average Bonchev–Trinajstić information content (AvgIpc) is 4.05. The van der Waals surface area contributed by atoms with Crippen molar-refractivity contribution < 1.29 is 70.9 Å². The fourth-order valence-electron chi connectivity index (χ4n) is 8.88. The van der Waals surface area contributed by atoms with Crippen LogP contribution in [0.5, 0.6) is 12.0 Å². The number of nitro groups is 1. The maximum absolute atomic E-state index is 12.5. The summed E-state index contributed by atoms with van der Waals surface area (Å²) in [6.45, 7) is 8.25. The van der Waals surface area contributed by atoms with Crippen LogP contribution in [0.25, 0.3) is 0 Å². The molecule has 0 aromatic carbocycles. The number of carbonyl (C=O) groups excluding carboxylic acids is 2. The fraction of sp³-hybridized carbons (Fsp3) is 0.553. The van der Waals surface area contributed by atoms with Gasteiger partial charge in [0, 0.05) is 96.4 Å². The minimum atomic E-state index is -0.645. The molecule has 1 radical (unpaired) electrons. The maximum Gasteiger partial charge on any atom is 0.353 e. The second-order valence-corrected chi connectivity index (χ2v) is 17.0. The van der Waals surface area contributed by atoms with E-state index in [9.17, 15) is 19.7 Å². The number of hydrogen-bond acceptors (Lipinski definition) is 21. The quantitative estimate of drug-likeness (QED) is 0.0693. The Kier molecular flexibility index (Phi) is 21.0. The summed E-state index contributed by atoms with van der Waals surface area (Å²) in [5.41, 5.74) is 14.3. The van der Waals surface area contributed by atoms with Crippen molar-refractivity contribution in [3.8, 4) is 12.0 Å². The Bertz CT molecular complexity index is 2360. The van der Waals surface area contributed by atoms with Crippen molar-refractivity contribution in [3.63, 3.8) is 0 Å². The van der Waals surface area contributed by atoms with Gasteiger partial charge in [-0.25, -0.2) is 9.97 Å². The summed E-state index contributed by atoms with van der Waals surface area (Å²) in [4.78, 5) is 70.4. The first-order chi connectivity index (χ1) is 32.6. The Hall–Kier alpha value is -5.58. The first-order valence-electron chi connectivity index (χ1n) is 23.1. The number of morpholine rings is 2. The van der Waals surface area contributed by atoms with Gasteiger partial charge in [-0.2, -0.15) is 19.9 Å². The van der Waals surface area contributed by atoms with Crippen molar-refractivity contribution >= 4 is 52.3 Å². The number of anilines is 6. The van der Waals surface area contributed by atoms with E-state index in [2.05, 4.69) is 45.8 Å². The second-order valence-electron chi connectivity index (χ2n) is 17.0. The van der Waals surface area contributed by atoms with Crippen LogP contribution in [-0.4, -0.2) is 131 Å². The number of nitrogens with zero attached hydrogens (tertiary/aromatic N) is 11. The largest absolute Gasteiger partial charge is 0.465 e. The van der Waals surface area contributed by atoms with Crippen molar-refractivity contribution in [1.82, 2.24) is 29.9 Å². The van der Waals surface area contributed by atoms with Crippen LogP contribution in [0.1, 0.15) is 82.4 Å². The molecule has 377 valence electrons. The van der Waals surface area contributed by atoms with E-state index in [0.717, 1.165) is 74.4 Å². The Labute approximate surface area is 434 Å². The van der Waals surface area contributed by atoms with E-state index in [1.807, 2.05) is 23.2 Å². The third-order valence-corrected chi connectivity index (χ3v) is 12.2. The normalized spacial score (nSPS) is 16.9. The van der Waals surface area contributed by atoms with Gasteiger partial charge in [0.25, 0.3) is 0 Å². The summed E-state index contributed by atoms with van der Waals surface area (Å²) in [6, 6.07) is 7.99. The minimum absolute atomic E-state index is 0. The number of pyridine rings is 2. The summed E-state index contributed by atoms with van der Waals surface area (Å²) >= 11 is 0. The van der Waals surface area contributed by atoms with Crippen molar-refractivity contribution in [2.75, 3.05) is 103 Å². The molecule has 0 bridgehead atoms. The van der Waals surface area contributed by atoms with Gasteiger partial charge in [-0.3, -0.25) is 19.7 Å². The fourth-order valence-corrected chi connectivity index (χ4v) is 8.88. The number of nitrogens with two attached hydrogens (primary N) is 2. The van der Waals surface area contributed by atoms with Gasteiger partial charge < -0.3 is 62.2 Å². The molecule has 0 amide bonds. The molecule has 23 heteroatoms. The molecule has 4 N–H and O–H groups in total. The summed E-state index contributed by atoms with van der Waals surface area (Å²) in [5.74, 6) is 1.85. The number of hydrogen-bond donors (Lipinski definition) is 2. The van der Waals surface area contributed by atoms with E-state index in [4.69, 9.17) is 35.2 Å². The van der Waals surface area contributed by atoms with E-state index in [0.29, 0.717) is 75.8 Å². The zero-order chi connectivity index (χ0) is 46.7. The van der Waals surface area contributed by atoms with Crippen molar-refractivity contribution in [2.45, 2.75) is 97.4 Å². The maximum atomic E-state index is 12.5. The van der Waals surface area contributed by atoms with E-state index in [-0.39, 0.29) is 109 Å². The van der Waals surface area contributed by atoms with Crippen LogP contribution in [-0.2, 0) is 76.0 Å². The standard InChI is InChI=1S/C23H31N7O6.C22H28N6O3.CH4.CH3.Y/c1-2-35-19(31)15-29(14-16-7-8-25-18(13-16)28-9-11-34-12-10-28)22-20(30(32)33)21(24)26-23(27-22)36-17-5-3-4-6-17;23-20-18-12-16(29)14-28(21(18)26-22(25-20)31-17-3-1-2-4-17)13-15-5-6-24-19(11-15)27-7-9-30-10-8-27;;;/h7-8,13,17H,2-6,9-12,14-15H2,1H3,(H2,24,26,27);5-6,11,17H,1-4,7-10,12-14H2,(H2,23,25,26);1H4;1H3;/q;;;-1;. The monoisotopic (exact) mass is 1050 g/mol. The zero-order valence-electron chi connectivity index (χ0n) is 39.5. The molecule has 0 spiro atoms. The van der Waals surface area contributed by atoms with Crippen LogP contribution in [0.15, 0.2) is 36.7 Å². The van der Waals surface area contributed by atoms with Gasteiger partial charge in [0.15, 0.2) is 5.78 Å². The summed E-state index contributed by atoms with van der Waals surface area (Å²) in [5, 5.41) is 12.0. The van der Waals surface area contributed by atoms with E-state index in [1.54, 1.807) is 19.2 Å². The number of aromatic nitrogens is 6. The first kappa shape index (κ1) is 55.4. The number of Topliss-reactive ketones (excluding diaryl/α,β-unsaturated/α-hetero) is 1. The molecule has 4 fully saturated rings. The molecule has 70 heavy (non-hydrogen) atoms. The molecule has 2 aliphatic carbocycles. The average molecular weight is 1050 g/mol. The molecule has 9 rings (SSSR count). The molecular formula is C47H66N13O9Y-. The van der Waals surface area contributed by atoms with Gasteiger partial charge in [-0.05, 0) is 93.7 Å². The smallest absolute Gasteiger partial charge is 0.353 e. The number of nitrogen functional groups attached to an aromatic ring is 2. The van der Waals surface area contributed by atoms with Crippen LogP contribution in [0, 0.1) is 17.5 Å². The Morgan fingerprint density at radius 3 is 1.91 bits per heavy atom. The molecule has 0 unspecified atom stereocenters. The first-order valence-corrected chi connectivity index (χ1v) is 23.1. The predicted octanol–water partition coefficient (Wildman–Crippen LogP) is 4.92. The van der Waals surface area contributed by atoms with Gasteiger partial charge in [-0.15, -0.1) is 0 Å². The number of fused-ring (bicyclic) bond motifs is 1. The Morgan fingerprint density at radius 1 is 0.829 bits per heavy atom. The van der Waals surface area contributed by atoms with E-state index >= 15 is 0 Å². The number of esters is 1. The van der Waals surface area contributed by atoms with Crippen LogP contribution in [0.3, 0.4) is 0 Å². The van der Waals surface area contributed by atoms with Gasteiger partial charge in [0.2, 0.25) is 11.6 Å². The third kappa shape index (κ3) is 14.5. The molecule has 22 nitrogen and oxygen atoms in total. The molecule has 0 atom stereocenters.